The fourth-order valence-electron chi connectivity index (χ4n) is 5.21. The molecule has 0 aliphatic carbocycles. The summed E-state index contributed by atoms with van der Waals surface area (Å²) in [6, 6.07) is 40.9. The monoisotopic (exact) mass is 552 g/mol. The first-order chi connectivity index (χ1) is 20.3. The highest BCUT2D eigenvalue weighted by Crippen LogP contribution is 2.32. The average molecular weight is 553 g/mol. The Morgan fingerprint density at radius 2 is 0.829 bits per heavy atom. The van der Waals surface area contributed by atoms with Crippen LogP contribution in [-0.4, -0.2) is 37.1 Å². The summed E-state index contributed by atoms with van der Waals surface area (Å²) < 4.78 is 32.9. The van der Waals surface area contributed by atoms with Crippen molar-refractivity contribution in [3.05, 3.63) is 144 Å². The van der Waals surface area contributed by atoms with E-state index in [1.165, 1.54) is 0 Å². The van der Waals surface area contributed by atoms with Gasteiger partial charge in [-0.2, -0.15) is 0 Å². The SMILES string of the molecule is CC[C@H]1O[C@H](COCc2ccccc2)[C@@H](OCc2ccccc2)[C@H](OCc2ccccc2)[C@H]1OCc1ccccc1. The summed E-state index contributed by atoms with van der Waals surface area (Å²) in [5.41, 5.74) is 4.43. The molecule has 5 atom stereocenters. The molecule has 0 N–H and O–H groups in total. The van der Waals surface area contributed by atoms with E-state index in [1.807, 2.05) is 72.8 Å². The predicted octanol–water partition coefficient (Wildman–Crippen LogP) is 7.14. The largest absolute Gasteiger partial charge is 0.374 e. The molecule has 1 aliphatic heterocycles. The molecule has 0 aromatic heterocycles. The molecule has 4 aromatic rings. The van der Waals surface area contributed by atoms with Gasteiger partial charge in [0.15, 0.2) is 0 Å². The molecule has 5 heteroatoms. The van der Waals surface area contributed by atoms with Crippen molar-refractivity contribution in [2.45, 2.75) is 70.3 Å². The van der Waals surface area contributed by atoms with Gasteiger partial charge >= 0.3 is 0 Å². The smallest absolute Gasteiger partial charge is 0.115 e. The van der Waals surface area contributed by atoms with Gasteiger partial charge in [0.1, 0.15) is 24.4 Å². The Hall–Kier alpha value is -3.32. The van der Waals surface area contributed by atoms with Crippen LogP contribution in [0.25, 0.3) is 0 Å². The lowest BCUT2D eigenvalue weighted by Gasteiger charge is -2.46. The van der Waals surface area contributed by atoms with Crippen LogP contribution >= 0.6 is 0 Å². The molecule has 5 rings (SSSR count). The third kappa shape index (κ3) is 8.59. The maximum atomic E-state index is 6.71. The highest BCUT2D eigenvalue weighted by atomic mass is 16.6. The highest BCUT2D eigenvalue weighted by molar-refractivity contribution is 5.16. The number of hydrogen-bond acceptors (Lipinski definition) is 5. The van der Waals surface area contributed by atoms with Crippen molar-refractivity contribution < 1.29 is 23.7 Å². The van der Waals surface area contributed by atoms with Crippen LogP contribution in [0.4, 0.5) is 0 Å². The van der Waals surface area contributed by atoms with Crippen LogP contribution in [0.5, 0.6) is 0 Å². The zero-order chi connectivity index (χ0) is 28.1. The summed E-state index contributed by atoms with van der Waals surface area (Å²) in [6.07, 6.45) is -0.753. The Labute approximate surface area is 244 Å². The van der Waals surface area contributed by atoms with Gasteiger partial charge in [0, 0.05) is 0 Å². The molecule has 1 saturated heterocycles. The first kappa shape index (κ1) is 29.2. The molecule has 1 fully saturated rings. The van der Waals surface area contributed by atoms with Gasteiger partial charge in [0.2, 0.25) is 0 Å². The van der Waals surface area contributed by atoms with Crippen molar-refractivity contribution in [1.29, 1.82) is 0 Å². The quantitative estimate of drug-likeness (QED) is 0.166. The predicted molar refractivity (Wildman–Crippen MR) is 160 cm³/mol. The fourth-order valence-corrected chi connectivity index (χ4v) is 5.21. The summed E-state index contributed by atoms with van der Waals surface area (Å²) in [5, 5.41) is 0. The number of benzene rings is 4. The lowest BCUT2D eigenvalue weighted by molar-refractivity contribution is -0.272. The van der Waals surface area contributed by atoms with Crippen molar-refractivity contribution in [1.82, 2.24) is 0 Å². The third-order valence-electron chi connectivity index (χ3n) is 7.38. The molecule has 0 bridgehead atoms. The lowest BCUT2D eigenvalue weighted by atomic mass is 9.92. The molecule has 0 spiro atoms. The molecule has 0 amide bonds. The van der Waals surface area contributed by atoms with Gasteiger partial charge in [-0.05, 0) is 28.7 Å². The maximum Gasteiger partial charge on any atom is 0.115 e. The Morgan fingerprint density at radius 3 is 1.24 bits per heavy atom. The van der Waals surface area contributed by atoms with Gasteiger partial charge < -0.3 is 23.7 Å². The summed E-state index contributed by atoms with van der Waals surface area (Å²) in [4.78, 5) is 0. The van der Waals surface area contributed by atoms with Crippen LogP contribution in [0.3, 0.4) is 0 Å². The number of rotatable bonds is 14. The van der Waals surface area contributed by atoms with Gasteiger partial charge in [-0.1, -0.05) is 128 Å². The normalized spacial score (nSPS) is 22.4. The van der Waals surface area contributed by atoms with Crippen molar-refractivity contribution in [3.8, 4) is 0 Å². The van der Waals surface area contributed by atoms with E-state index in [-0.39, 0.29) is 24.4 Å². The molecule has 0 unspecified atom stereocenters. The van der Waals surface area contributed by atoms with Crippen LogP contribution in [-0.2, 0) is 50.1 Å². The van der Waals surface area contributed by atoms with Crippen molar-refractivity contribution in [2.75, 3.05) is 6.61 Å². The minimum atomic E-state index is -0.390. The van der Waals surface area contributed by atoms with Gasteiger partial charge in [-0.3, -0.25) is 0 Å². The average Bonchev–Trinajstić information content (AvgIpc) is 3.04. The molecular formula is C36H40O5. The van der Waals surface area contributed by atoms with E-state index in [0.29, 0.717) is 33.0 Å². The molecule has 0 radical (unpaired) electrons. The maximum absolute atomic E-state index is 6.71. The summed E-state index contributed by atoms with van der Waals surface area (Å²) in [6.45, 7) is 4.39. The zero-order valence-electron chi connectivity index (χ0n) is 23.7. The van der Waals surface area contributed by atoms with Gasteiger partial charge in [-0.15, -0.1) is 0 Å². The Morgan fingerprint density at radius 1 is 0.463 bits per heavy atom. The van der Waals surface area contributed by atoms with Crippen LogP contribution in [0.15, 0.2) is 121 Å². The zero-order valence-corrected chi connectivity index (χ0v) is 23.7. The molecule has 4 aromatic carbocycles. The van der Waals surface area contributed by atoms with E-state index < -0.39 is 6.10 Å². The Balaban J connectivity index is 1.38. The van der Waals surface area contributed by atoms with E-state index >= 15 is 0 Å². The molecule has 1 heterocycles. The molecular weight excluding hydrogens is 512 g/mol. The molecule has 5 nitrogen and oxygen atoms in total. The van der Waals surface area contributed by atoms with Gasteiger partial charge in [0.25, 0.3) is 0 Å². The summed E-state index contributed by atoms with van der Waals surface area (Å²) in [7, 11) is 0. The van der Waals surface area contributed by atoms with E-state index in [9.17, 15) is 0 Å². The van der Waals surface area contributed by atoms with Crippen LogP contribution < -0.4 is 0 Å². The second kappa shape index (κ2) is 15.6. The minimum Gasteiger partial charge on any atom is -0.374 e. The van der Waals surface area contributed by atoms with E-state index in [2.05, 4.69) is 55.5 Å². The first-order valence-electron chi connectivity index (χ1n) is 14.5. The summed E-state index contributed by atoms with van der Waals surface area (Å²) >= 11 is 0. The van der Waals surface area contributed by atoms with E-state index in [4.69, 9.17) is 23.7 Å². The van der Waals surface area contributed by atoms with E-state index in [0.717, 1.165) is 28.7 Å². The number of hydrogen-bond donors (Lipinski definition) is 0. The second-order valence-electron chi connectivity index (χ2n) is 10.4. The molecule has 1 aliphatic rings. The minimum absolute atomic E-state index is 0.165. The molecule has 214 valence electrons. The lowest BCUT2D eigenvalue weighted by Crippen LogP contribution is -2.61. The molecule has 41 heavy (non-hydrogen) atoms. The van der Waals surface area contributed by atoms with Crippen molar-refractivity contribution in [2.24, 2.45) is 0 Å². The molecule has 0 saturated carbocycles. The van der Waals surface area contributed by atoms with E-state index in [1.54, 1.807) is 0 Å². The first-order valence-corrected chi connectivity index (χ1v) is 14.5. The topological polar surface area (TPSA) is 46.2 Å². The second-order valence-corrected chi connectivity index (χ2v) is 10.4. The van der Waals surface area contributed by atoms with Crippen LogP contribution in [0, 0.1) is 0 Å². The van der Waals surface area contributed by atoms with Crippen LogP contribution in [0.1, 0.15) is 35.6 Å². The number of ether oxygens (including phenoxy) is 5. The highest BCUT2D eigenvalue weighted by Gasteiger charge is 2.47. The van der Waals surface area contributed by atoms with Gasteiger partial charge in [0.05, 0.1) is 39.1 Å². The van der Waals surface area contributed by atoms with Crippen molar-refractivity contribution in [3.63, 3.8) is 0 Å². The van der Waals surface area contributed by atoms with Crippen molar-refractivity contribution >= 4 is 0 Å². The third-order valence-corrected chi connectivity index (χ3v) is 7.38. The Kier molecular flexibility index (Phi) is 11.1. The van der Waals surface area contributed by atoms with Crippen LogP contribution in [0.2, 0.25) is 0 Å². The standard InChI is InChI=1S/C36H40O5/c1-2-32-34(38-24-29-17-9-4-10-18-29)36(40-26-31-21-13-6-14-22-31)35(39-25-30-19-11-5-12-20-30)33(41-32)27-37-23-28-15-7-3-8-16-28/h3-22,32-36H,2,23-27H2,1H3/t32-,33-,34+,35-,36-/m1/s1. The van der Waals surface area contributed by atoms with Gasteiger partial charge in [-0.25, -0.2) is 0 Å². The fraction of sp³-hybridized carbons (Fsp3) is 0.333. The Bertz CT molecular complexity index is 1250. The summed E-state index contributed by atoms with van der Waals surface area (Å²) in [5.74, 6) is 0.